The first-order chi connectivity index (χ1) is 12.7. The van der Waals surface area contributed by atoms with Crippen LogP contribution in [0.25, 0.3) is 0 Å². The van der Waals surface area contributed by atoms with Gasteiger partial charge in [0.05, 0.1) is 4.90 Å². The van der Waals surface area contributed by atoms with Crippen molar-refractivity contribution in [2.45, 2.75) is 37.5 Å². The third-order valence-electron chi connectivity index (χ3n) is 5.32. The number of hydrogen-bond donors (Lipinski definition) is 2. The SMILES string of the molecule is Cc1cc(C(=O)N2CCC(c3ccc(O)cc3)CC2)cc(S(N)(=O)=O)c1C. The molecule has 1 amide bonds. The lowest BCUT2D eigenvalue weighted by atomic mass is 9.89. The minimum atomic E-state index is -3.88. The number of sulfonamides is 1. The summed E-state index contributed by atoms with van der Waals surface area (Å²) in [5.41, 5.74) is 2.80. The van der Waals surface area contributed by atoms with E-state index in [2.05, 4.69) is 0 Å². The lowest BCUT2D eigenvalue weighted by Crippen LogP contribution is -2.38. The van der Waals surface area contributed by atoms with Crippen LogP contribution < -0.4 is 5.14 Å². The highest BCUT2D eigenvalue weighted by Gasteiger charge is 2.26. The van der Waals surface area contributed by atoms with Crippen molar-refractivity contribution in [3.05, 3.63) is 58.7 Å². The van der Waals surface area contributed by atoms with Gasteiger partial charge in [-0.3, -0.25) is 4.79 Å². The second-order valence-electron chi connectivity index (χ2n) is 7.12. The highest BCUT2D eigenvalue weighted by atomic mass is 32.2. The van der Waals surface area contributed by atoms with Gasteiger partial charge in [-0.2, -0.15) is 0 Å². The number of nitrogens with two attached hydrogens (primary N) is 1. The molecule has 0 spiro atoms. The number of amides is 1. The second kappa shape index (κ2) is 7.32. The molecule has 6 nitrogen and oxygen atoms in total. The van der Waals surface area contributed by atoms with Gasteiger partial charge >= 0.3 is 0 Å². The average molecular weight is 388 g/mol. The van der Waals surface area contributed by atoms with E-state index in [1.165, 1.54) is 6.07 Å². The van der Waals surface area contributed by atoms with Crippen molar-refractivity contribution in [1.29, 1.82) is 0 Å². The summed E-state index contributed by atoms with van der Waals surface area (Å²) in [5.74, 6) is 0.410. The Bertz CT molecular complexity index is 960. The summed E-state index contributed by atoms with van der Waals surface area (Å²) >= 11 is 0. The normalized spacial score (nSPS) is 15.7. The van der Waals surface area contributed by atoms with E-state index in [-0.39, 0.29) is 16.6 Å². The molecule has 3 N–H and O–H groups in total. The van der Waals surface area contributed by atoms with E-state index in [0.29, 0.717) is 30.1 Å². The molecule has 7 heteroatoms. The smallest absolute Gasteiger partial charge is 0.253 e. The number of rotatable bonds is 3. The molecule has 1 aliphatic rings. The van der Waals surface area contributed by atoms with Gasteiger partial charge in [-0.1, -0.05) is 12.1 Å². The molecule has 1 aliphatic heterocycles. The van der Waals surface area contributed by atoms with E-state index in [1.807, 2.05) is 12.1 Å². The molecule has 0 unspecified atom stereocenters. The predicted molar refractivity (Wildman–Crippen MR) is 103 cm³/mol. The number of primary sulfonamides is 1. The standard InChI is InChI=1S/C20H24N2O4S/c1-13-11-17(12-19(14(13)2)27(21,25)26)20(24)22-9-7-16(8-10-22)15-3-5-18(23)6-4-15/h3-6,11-12,16,23H,7-10H2,1-2H3,(H2,21,25,26). The number of likely N-dealkylation sites (tertiary alicyclic amines) is 1. The minimum absolute atomic E-state index is 0.00447. The maximum atomic E-state index is 12.9. The zero-order valence-corrected chi connectivity index (χ0v) is 16.3. The van der Waals surface area contributed by atoms with Gasteiger partial charge in [0.25, 0.3) is 5.91 Å². The zero-order chi connectivity index (χ0) is 19.8. The first-order valence-electron chi connectivity index (χ1n) is 8.89. The molecule has 0 bridgehead atoms. The van der Waals surface area contributed by atoms with E-state index in [9.17, 15) is 18.3 Å². The molecule has 1 saturated heterocycles. The number of carbonyl (C=O) groups excluding carboxylic acids is 1. The molecule has 2 aromatic rings. The van der Waals surface area contributed by atoms with Crippen LogP contribution in [0.3, 0.4) is 0 Å². The summed E-state index contributed by atoms with van der Waals surface area (Å²) in [7, 11) is -3.88. The van der Waals surface area contributed by atoms with Gasteiger partial charge in [0.2, 0.25) is 10.0 Å². The monoisotopic (exact) mass is 388 g/mol. The molecule has 0 radical (unpaired) electrons. The van der Waals surface area contributed by atoms with Crippen LogP contribution in [0.15, 0.2) is 41.3 Å². The molecule has 3 rings (SSSR count). The van der Waals surface area contributed by atoms with E-state index in [0.717, 1.165) is 24.0 Å². The van der Waals surface area contributed by atoms with Crippen molar-refractivity contribution in [2.24, 2.45) is 5.14 Å². The van der Waals surface area contributed by atoms with Crippen LogP contribution in [0, 0.1) is 13.8 Å². The fraction of sp³-hybridized carbons (Fsp3) is 0.350. The molecule has 144 valence electrons. The van der Waals surface area contributed by atoms with Crippen LogP contribution in [0.4, 0.5) is 0 Å². The van der Waals surface area contributed by atoms with Crippen molar-refractivity contribution >= 4 is 15.9 Å². The number of aryl methyl sites for hydroxylation is 1. The number of benzene rings is 2. The predicted octanol–water partition coefficient (Wildman–Crippen LogP) is 2.68. The van der Waals surface area contributed by atoms with Gasteiger partial charge in [0.15, 0.2) is 0 Å². The molecule has 1 heterocycles. The maximum Gasteiger partial charge on any atom is 0.253 e. The molecule has 2 aromatic carbocycles. The van der Waals surface area contributed by atoms with Crippen molar-refractivity contribution in [3.8, 4) is 5.75 Å². The van der Waals surface area contributed by atoms with E-state index < -0.39 is 10.0 Å². The van der Waals surface area contributed by atoms with Gasteiger partial charge in [0, 0.05) is 18.7 Å². The number of nitrogens with zero attached hydrogens (tertiary/aromatic N) is 1. The Morgan fingerprint density at radius 1 is 1.11 bits per heavy atom. The van der Waals surface area contributed by atoms with E-state index >= 15 is 0 Å². The quantitative estimate of drug-likeness (QED) is 0.844. The van der Waals surface area contributed by atoms with Crippen LogP contribution in [-0.2, 0) is 10.0 Å². The molecule has 1 fully saturated rings. The summed E-state index contributed by atoms with van der Waals surface area (Å²) in [6, 6.07) is 10.3. The zero-order valence-electron chi connectivity index (χ0n) is 15.5. The van der Waals surface area contributed by atoms with Crippen molar-refractivity contribution < 1.29 is 18.3 Å². The summed E-state index contributed by atoms with van der Waals surface area (Å²) < 4.78 is 23.6. The Morgan fingerprint density at radius 2 is 1.70 bits per heavy atom. The highest BCUT2D eigenvalue weighted by Crippen LogP contribution is 2.30. The number of phenols is 1. The number of piperidine rings is 1. The molecule has 0 saturated carbocycles. The first-order valence-corrected chi connectivity index (χ1v) is 10.4. The summed E-state index contributed by atoms with van der Waals surface area (Å²) in [4.78, 5) is 14.6. The Labute approximate surface area is 159 Å². The van der Waals surface area contributed by atoms with Crippen LogP contribution >= 0.6 is 0 Å². The number of phenolic OH excluding ortho intramolecular Hbond substituents is 1. The van der Waals surface area contributed by atoms with Gasteiger partial charge in [0.1, 0.15) is 5.75 Å². The highest BCUT2D eigenvalue weighted by molar-refractivity contribution is 7.89. The number of aromatic hydroxyl groups is 1. The molecular formula is C20H24N2O4S. The number of hydrogen-bond acceptors (Lipinski definition) is 4. The Kier molecular flexibility index (Phi) is 5.26. The minimum Gasteiger partial charge on any atom is -0.508 e. The fourth-order valence-corrected chi connectivity index (χ4v) is 4.47. The van der Waals surface area contributed by atoms with Crippen LogP contribution in [0.1, 0.15) is 45.8 Å². The number of carbonyl (C=O) groups is 1. The van der Waals surface area contributed by atoms with Crippen molar-refractivity contribution in [1.82, 2.24) is 4.90 Å². The van der Waals surface area contributed by atoms with Crippen LogP contribution in [-0.4, -0.2) is 37.4 Å². The second-order valence-corrected chi connectivity index (χ2v) is 8.65. The van der Waals surface area contributed by atoms with Gasteiger partial charge in [-0.15, -0.1) is 0 Å². The lowest BCUT2D eigenvalue weighted by molar-refractivity contribution is 0.0712. The third kappa shape index (κ3) is 4.14. The summed E-state index contributed by atoms with van der Waals surface area (Å²) in [5, 5.41) is 14.7. The maximum absolute atomic E-state index is 12.9. The average Bonchev–Trinajstić information content (AvgIpc) is 2.63. The third-order valence-corrected chi connectivity index (χ3v) is 6.36. The van der Waals surface area contributed by atoms with Gasteiger partial charge < -0.3 is 10.0 Å². The topological polar surface area (TPSA) is 101 Å². The Hall–Kier alpha value is -2.38. The molecule has 0 atom stereocenters. The van der Waals surface area contributed by atoms with Gasteiger partial charge in [-0.05, 0) is 73.6 Å². The molecular weight excluding hydrogens is 364 g/mol. The first kappa shape index (κ1) is 19.4. The molecule has 0 aromatic heterocycles. The molecule has 0 aliphatic carbocycles. The van der Waals surface area contributed by atoms with E-state index in [4.69, 9.17) is 5.14 Å². The summed E-state index contributed by atoms with van der Waals surface area (Å²) in [6.45, 7) is 4.66. The molecule has 27 heavy (non-hydrogen) atoms. The van der Waals surface area contributed by atoms with Gasteiger partial charge in [-0.25, -0.2) is 13.6 Å². The van der Waals surface area contributed by atoms with E-state index in [1.54, 1.807) is 36.9 Å². The largest absolute Gasteiger partial charge is 0.508 e. The van der Waals surface area contributed by atoms with Crippen LogP contribution in [0.5, 0.6) is 5.75 Å². The summed E-state index contributed by atoms with van der Waals surface area (Å²) in [6.07, 6.45) is 1.65. The van der Waals surface area contributed by atoms with Crippen LogP contribution in [0.2, 0.25) is 0 Å². The fourth-order valence-electron chi connectivity index (χ4n) is 3.59. The Morgan fingerprint density at radius 3 is 2.26 bits per heavy atom. The van der Waals surface area contributed by atoms with Crippen molar-refractivity contribution in [3.63, 3.8) is 0 Å². The van der Waals surface area contributed by atoms with Crippen molar-refractivity contribution in [2.75, 3.05) is 13.1 Å². The Balaban J connectivity index is 1.76. The lowest BCUT2D eigenvalue weighted by Gasteiger charge is -2.32.